The highest BCUT2D eigenvalue weighted by atomic mass is 32.1. The number of nitrogens with one attached hydrogen (secondary N) is 1. The molecule has 3 nitrogen and oxygen atoms in total. The SMILES string of the molecule is C=Cc1cc2c(cc1Nc1ccccc1)c1cc3c(cc1n2-c1cccc(-c2ccccn2)c1)sc1ccccc13. The Bertz CT molecular complexity index is 2240. The molecule has 3 aromatic heterocycles. The normalized spacial score (nSPS) is 11.5. The van der Waals surface area contributed by atoms with E-state index in [4.69, 9.17) is 0 Å². The standard InChI is InChI=1S/C37H25N3S/c1-2-24-20-34-30(22-33(24)39-26-12-4-3-5-13-26)29-21-31-28-15-6-7-17-36(28)41-37(31)23-35(29)40(34)27-14-10-11-25(19-27)32-16-8-9-18-38-32/h2-23,39H,1H2. The number of benzene rings is 5. The summed E-state index contributed by atoms with van der Waals surface area (Å²) in [4.78, 5) is 4.61. The molecule has 4 heteroatoms. The number of anilines is 2. The molecule has 0 saturated carbocycles. The smallest absolute Gasteiger partial charge is 0.0702 e. The van der Waals surface area contributed by atoms with Crippen molar-refractivity contribution in [3.8, 4) is 16.9 Å². The van der Waals surface area contributed by atoms with Crippen LogP contribution in [0.3, 0.4) is 0 Å². The Kier molecular flexibility index (Phi) is 5.47. The number of pyridine rings is 1. The van der Waals surface area contributed by atoms with Crippen molar-refractivity contribution in [2.75, 3.05) is 5.32 Å². The molecule has 0 aliphatic carbocycles. The van der Waals surface area contributed by atoms with Crippen LogP contribution in [0.1, 0.15) is 5.56 Å². The molecule has 0 radical (unpaired) electrons. The summed E-state index contributed by atoms with van der Waals surface area (Å²) in [7, 11) is 0. The zero-order valence-corrected chi connectivity index (χ0v) is 23.0. The minimum Gasteiger partial charge on any atom is -0.355 e. The van der Waals surface area contributed by atoms with E-state index < -0.39 is 0 Å². The lowest BCUT2D eigenvalue weighted by atomic mass is 10.1. The Morgan fingerprint density at radius 1 is 0.659 bits per heavy atom. The van der Waals surface area contributed by atoms with Crippen molar-refractivity contribution < 1.29 is 0 Å². The summed E-state index contributed by atoms with van der Waals surface area (Å²) < 4.78 is 4.99. The average Bonchev–Trinajstić information content (AvgIpc) is 3.54. The van der Waals surface area contributed by atoms with Crippen LogP contribution in [0.15, 0.2) is 134 Å². The van der Waals surface area contributed by atoms with Gasteiger partial charge in [0, 0.05) is 59.8 Å². The number of rotatable bonds is 5. The monoisotopic (exact) mass is 543 g/mol. The van der Waals surface area contributed by atoms with Gasteiger partial charge in [0.1, 0.15) is 0 Å². The molecule has 0 unspecified atom stereocenters. The Hall–Kier alpha value is -5.19. The van der Waals surface area contributed by atoms with E-state index in [0.29, 0.717) is 0 Å². The summed E-state index contributed by atoms with van der Waals surface area (Å²) in [5.74, 6) is 0. The van der Waals surface area contributed by atoms with E-state index in [-0.39, 0.29) is 0 Å². The van der Waals surface area contributed by atoms with Gasteiger partial charge < -0.3 is 9.88 Å². The molecule has 0 amide bonds. The molecule has 0 fully saturated rings. The molecule has 0 aliphatic rings. The van der Waals surface area contributed by atoms with E-state index in [0.717, 1.165) is 39.4 Å². The first-order valence-corrected chi connectivity index (χ1v) is 14.5. The molecule has 41 heavy (non-hydrogen) atoms. The predicted octanol–water partition coefficient (Wildman–Crippen LogP) is 10.6. The molecule has 194 valence electrons. The molecule has 0 bridgehead atoms. The van der Waals surface area contributed by atoms with E-state index in [1.807, 2.05) is 53.9 Å². The maximum atomic E-state index is 4.61. The molecule has 3 heterocycles. The lowest BCUT2D eigenvalue weighted by Gasteiger charge is -2.13. The number of fused-ring (bicyclic) bond motifs is 6. The van der Waals surface area contributed by atoms with E-state index in [9.17, 15) is 0 Å². The number of hydrogen-bond acceptors (Lipinski definition) is 3. The van der Waals surface area contributed by atoms with Gasteiger partial charge in [-0.15, -0.1) is 11.3 Å². The third-order valence-corrected chi connectivity index (χ3v) is 8.91. The third kappa shape index (κ3) is 3.92. The van der Waals surface area contributed by atoms with Crippen molar-refractivity contribution in [2.24, 2.45) is 0 Å². The van der Waals surface area contributed by atoms with Crippen LogP contribution in [0.25, 0.3) is 65.0 Å². The average molecular weight is 544 g/mol. The minimum atomic E-state index is 0.961. The van der Waals surface area contributed by atoms with Gasteiger partial charge in [-0.05, 0) is 72.3 Å². The highest BCUT2D eigenvalue weighted by molar-refractivity contribution is 7.25. The second-order valence-corrected chi connectivity index (χ2v) is 11.3. The van der Waals surface area contributed by atoms with Crippen LogP contribution in [0.2, 0.25) is 0 Å². The van der Waals surface area contributed by atoms with Crippen LogP contribution < -0.4 is 5.32 Å². The Morgan fingerprint density at radius 3 is 2.32 bits per heavy atom. The third-order valence-electron chi connectivity index (χ3n) is 7.77. The first-order valence-electron chi connectivity index (χ1n) is 13.7. The van der Waals surface area contributed by atoms with Gasteiger partial charge >= 0.3 is 0 Å². The Morgan fingerprint density at radius 2 is 1.46 bits per heavy atom. The molecule has 0 spiro atoms. The van der Waals surface area contributed by atoms with Crippen LogP contribution >= 0.6 is 11.3 Å². The number of thiophene rings is 1. The molecule has 5 aromatic carbocycles. The largest absolute Gasteiger partial charge is 0.355 e. The van der Waals surface area contributed by atoms with Gasteiger partial charge in [-0.2, -0.15) is 0 Å². The number of nitrogens with zero attached hydrogens (tertiary/aromatic N) is 2. The summed E-state index contributed by atoms with van der Waals surface area (Å²) in [5, 5.41) is 8.66. The van der Waals surface area contributed by atoms with Crippen LogP contribution in [0.5, 0.6) is 0 Å². The number of aromatic nitrogens is 2. The molecule has 0 saturated heterocycles. The summed E-state index contributed by atoms with van der Waals surface area (Å²) in [6.07, 6.45) is 3.78. The van der Waals surface area contributed by atoms with Crippen LogP contribution in [-0.4, -0.2) is 9.55 Å². The summed E-state index contributed by atoms with van der Waals surface area (Å²) in [6, 6.07) is 43.0. The fourth-order valence-electron chi connectivity index (χ4n) is 5.87. The summed E-state index contributed by atoms with van der Waals surface area (Å²) in [5.41, 5.74) is 8.63. The number of hydrogen-bond donors (Lipinski definition) is 1. The Balaban J connectivity index is 1.45. The van der Waals surface area contributed by atoms with Crippen molar-refractivity contribution in [1.29, 1.82) is 0 Å². The van der Waals surface area contributed by atoms with Gasteiger partial charge in [0.05, 0.1) is 16.7 Å². The van der Waals surface area contributed by atoms with Gasteiger partial charge in [-0.25, -0.2) is 0 Å². The van der Waals surface area contributed by atoms with Gasteiger partial charge in [0.15, 0.2) is 0 Å². The lowest BCUT2D eigenvalue weighted by molar-refractivity contribution is 1.18. The predicted molar refractivity (Wildman–Crippen MR) is 177 cm³/mol. The van der Waals surface area contributed by atoms with Gasteiger partial charge in [-0.1, -0.05) is 67.3 Å². The first-order chi connectivity index (χ1) is 20.3. The zero-order valence-electron chi connectivity index (χ0n) is 22.2. The van der Waals surface area contributed by atoms with E-state index in [1.54, 1.807) is 0 Å². The summed E-state index contributed by atoms with van der Waals surface area (Å²) >= 11 is 1.85. The van der Waals surface area contributed by atoms with E-state index in [1.165, 1.54) is 36.5 Å². The van der Waals surface area contributed by atoms with E-state index >= 15 is 0 Å². The highest BCUT2D eigenvalue weighted by Gasteiger charge is 2.18. The van der Waals surface area contributed by atoms with Crippen LogP contribution in [0, 0.1) is 0 Å². The second-order valence-electron chi connectivity index (χ2n) is 10.2. The van der Waals surface area contributed by atoms with E-state index in [2.05, 4.69) is 112 Å². The van der Waals surface area contributed by atoms with Gasteiger partial charge in [0.2, 0.25) is 0 Å². The number of para-hydroxylation sites is 1. The molecule has 0 atom stereocenters. The van der Waals surface area contributed by atoms with Crippen molar-refractivity contribution in [3.05, 3.63) is 140 Å². The first kappa shape index (κ1) is 23.7. The maximum absolute atomic E-state index is 4.61. The molecule has 1 N–H and O–H groups in total. The molecule has 0 aliphatic heterocycles. The maximum Gasteiger partial charge on any atom is 0.0702 e. The van der Waals surface area contributed by atoms with Crippen molar-refractivity contribution in [1.82, 2.24) is 9.55 Å². The topological polar surface area (TPSA) is 29.9 Å². The molecule has 8 rings (SSSR count). The van der Waals surface area contributed by atoms with Gasteiger partial charge in [-0.3, -0.25) is 4.98 Å². The lowest BCUT2D eigenvalue weighted by Crippen LogP contribution is -1.97. The zero-order chi connectivity index (χ0) is 27.3. The second kappa shape index (κ2) is 9.47. The molecular weight excluding hydrogens is 518 g/mol. The van der Waals surface area contributed by atoms with Gasteiger partial charge in [0.25, 0.3) is 0 Å². The quantitative estimate of drug-likeness (QED) is 0.234. The molecule has 8 aromatic rings. The fraction of sp³-hybridized carbons (Fsp3) is 0. The minimum absolute atomic E-state index is 0.961. The molecular formula is C37H25N3S. The van der Waals surface area contributed by atoms with Crippen molar-refractivity contribution in [3.63, 3.8) is 0 Å². The summed E-state index contributed by atoms with van der Waals surface area (Å²) in [6.45, 7) is 4.16. The van der Waals surface area contributed by atoms with Crippen molar-refractivity contribution in [2.45, 2.75) is 0 Å². The van der Waals surface area contributed by atoms with Crippen LogP contribution in [0.4, 0.5) is 11.4 Å². The van der Waals surface area contributed by atoms with Crippen LogP contribution in [-0.2, 0) is 0 Å². The highest BCUT2D eigenvalue weighted by Crippen LogP contribution is 2.42. The Labute approximate surface area is 241 Å². The fourth-order valence-corrected chi connectivity index (χ4v) is 6.99. The van der Waals surface area contributed by atoms with Crippen molar-refractivity contribution >= 4 is 70.8 Å².